The Bertz CT molecular complexity index is 1310. The first-order valence-electron chi connectivity index (χ1n) is 9.16. The van der Waals surface area contributed by atoms with Crippen LogP contribution in [0.4, 0.5) is 4.79 Å². The molecular weight excluding hydrogens is 398 g/mol. The van der Waals surface area contributed by atoms with Crippen molar-refractivity contribution in [1.29, 1.82) is 5.26 Å². The molecule has 1 aliphatic rings. The van der Waals surface area contributed by atoms with Gasteiger partial charge < -0.3 is 15.5 Å². The van der Waals surface area contributed by atoms with E-state index in [2.05, 4.69) is 21.7 Å². The Morgan fingerprint density at radius 1 is 1.07 bits per heavy atom. The topological polar surface area (TPSA) is 117 Å². The zero-order chi connectivity index (χ0) is 20.7. The van der Waals surface area contributed by atoms with E-state index in [1.807, 2.05) is 48.5 Å². The van der Waals surface area contributed by atoms with E-state index in [4.69, 9.17) is 10.2 Å². The number of urea groups is 1. The Balaban J connectivity index is 1.43. The molecule has 2 aromatic heterocycles. The Kier molecular flexibility index (Phi) is 4.23. The average molecular weight is 413 g/mol. The summed E-state index contributed by atoms with van der Waals surface area (Å²) in [4.78, 5) is 16.4. The van der Waals surface area contributed by atoms with Crippen molar-refractivity contribution in [2.24, 2.45) is 5.73 Å². The highest BCUT2D eigenvalue weighted by atomic mass is 32.1. The van der Waals surface area contributed by atoms with Crippen molar-refractivity contribution in [1.82, 2.24) is 15.6 Å². The molecule has 2 aromatic carbocycles. The lowest BCUT2D eigenvalue weighted by atomic mass is 10.0. The van der Waals surface area contributed by atoms with Crippen LogP contribution in [0.5, 0.6) is 0 Å². The number of aromatic nitrogens is 1. The first-order chi connectivity index (χ1) is 14.6. The molecule has 0 bridgehead atoms. The van der Waals surface area contributed by atoms with Gasteiger partial charge in [-0.15, -0.1) is 11.3 Å². The molecule has 4 N–H and O–H groups in total. The first-order valence-corrected chi connectivity index (χ1v) is 9.97. The quantitative estimate of drug-likeness (QED) is 0.464. The number of hydrogen-bond donors (Lipinski definition) is 3. The van der Waals surface area contributed by atoms with Crippen molar-refractivity contribution in [2.45, 2.75) is 6.04 Å². The summed E-state index contributed by atoms with van der Waals surface area (Å²) < 4.78 is 7.09. The normalized spacial score (nSPS) is 16.2. The highest BCUT2D eigenvalue weighted by Crippen LogP contribution is 2.33. The maximum absolute atomic E-state index is 11.7. The number of carbonyl (C=O) groups excluding carboxylic acids is 1. The van der Waals surface area contributed by atoms with E-state index in [0.717, 1.165) is 26.4 Å². The molecule has 0 saturated carbocycles. The molecule has 3 heterocycles. The van der Waals surface area contributed by atoms with E-state index in [9.17, 15) is 10.1 Å². The molecule has 1 aliphatic heterocycles. The number of thiazole rings is 1. The SMILES string of the molecule is N#CC1=C(N)NC(=O)NC1c1ccc(-c2ccc(-c3nc4ccccc4s3)cc2)o1. The van der Waals surface area contributed by atoms with E-state index in [1.165, 1.54) is 0 Å². The van der Waals surface area contributed by atoms with E-state index in [1.54, 1.807) is 23.5 Å². The first kappa shape index (κ1) is 18.0. The predicted octanol–water partition coefficient (Wildman–Crippen LogP) is 4.27. The lowest BCUT2D eigenvalue weighted by Gasteiger charge is -2.23. The number of fused-ring (bicyclic) bond motifs is 1. The van der Waals surface area contributed by atoms with Crippen molar-refractivity contribution in [3.05, 3.63) is 77.8 Å². The van der Waals surface area contributed by atoms with Crippen LogP contribution in [-0.4, -0.2) is 11.0 Å². The molecule has 5 rings (SSSR count). The molecule has 8 heteroatoms. The van der Waals surface area contributed by atoms with Crippen LogP contribution in [0.2, 0.25) is 0 Å². The van der Waals surface area contributed by atoms with Gasteiger partial charge in [-0.1, -0.05) is 36.4 Å². The van der Waals surface area contributed by atoms with Gasteiger partial charge in [0.05, 0.1) is 15.8 Å². The molecule has 1 atom stereocenters. The molecule has 0 aliphatic carbocycles. The van der Waals surface area contributed by atoms with Gasteiger partial charge in [0.1, 0.15) is 34.5 Å². The second kappa shape index (κ2) is 7.06. The summed E-state index contributed by atoms with van der Waals surface area (Å²) in [5.74, 6) is 1.10. The van der Waals surface area contributed by atoms with Gasteiger partial charge in [0.25, 0.3) is 0 Å². The van der Waals surface area contributed by atoms with E-state index in [0.29, 0.717) is 11.5 Å². The van der Waals surface area contributed by atoms with Crippen LogP contribution in [0.3, 0.4) is 0 Å². The van der Waals surface area contributed by atoms with Crippen LogP contribution in [0, 0.1) is 11.3 Å². The molecule has 1 unspecified atom stereocenters. The minimum absolute atomic E-state index is 0.0318. The third-order valence-corrected chi connectivity index (χ3v) is 5.93. The number of nitrogens with zero attached hydrogens (tertiary/aromatic N) is 2. The average Bonchev–Trinajstić information content (AvgIpc) is 3.41. The van der Waals surface area contributed by atoms with Gasteiger partial charge in [0, 0.05) is 11.1 Å². The van der Waals surface area contributed by atoms with Gasteiger partial charge in [0.2, 0.25) is 0 Å². The van der Waals surface area contributed by atoms with Crippen molar-refractivity contribution in [3.63, 3.8) is 0 Å². The minimum atomic E-state index is -0.723. The fourth-order valence-electron chi connectivity index (χ4n) is 3.36. The standard InChI is InChI=1S/C22H15N5O2S/c23-11-14-19(26-22(28)27-20(14)24)17-10-9-16(29-17)12-5-7-13(8-6-12)21-25-15-3-1-2-4-18(15)30-21/h1-10,19H,24H2,(H2,26,27,28). The summed E-state index contributed by atoms with van der Waals surface area (Å²) in [5.41, 5.74) is 8.87. The number of benzene rings is 2. The van der Waals surface area contributed by atoms with Crippen LogP contribution < -0.4 is 16.4 Å². The van der Waals surface area contributed by atoms with Crippen molar-refractivity contribution < 1.29 is 9.21 Å². The van der Waals surface area contributed by atoms with Crippen LogP contribution in [-0.2, 0) is 0 Å². The summed E-state index contributed by atoms with van der Waals surface area (Å²) in [5, 5.41) is 15.4. The zero-order valence-electron chi connectivity index (χ0n) is 15.5. The van der Waals surface area contributed by atoms with E-state index >= 15 is 0 Å². The number of nitriles is 1. The molecule has 146 valence electrons. The molecule has 0 radical (unpaired) electrons. The maximum Gasteiger partial charge on any atom is 0.321 e. The summed E-state index contributed by atoms with van der Waals surface area (Å²) in [6.45, 7) is 0. The lowest BCUT2D eigenvalue weighted by molar-refractivity contribution is 0.237. The second-order valence-corrected chi connectivity index (χ2v) is 7.77. The zero-order valence-corrected chi connectivity index (χ0v) is 16.4. The fraction of sp³-hybridized carbons (Fsp3) is 0.0455. The third kappa shape index (κ3) is 3.07. The van der Waals surface area contributed by atoms with Gasteiger partial charge >= 0.3 is 6.03 Å². The number of hydrogen-bond acceptors (Lipinski definition) is 6. The number of carbonyl (C=O) groups is 1. The monoisotopic (exact) mass is 413 g/mol. The second-order valence-electron chi connectivity index (χ2n) is 6.74. The molecule has 7 nitrogen and oxygen atoms in total. The highest BCUT2D eigenvalue weighted by Gasteiger charge is 2.29. The minimum Gasteiger partial charge on any atom is -0.458 e. The summed E-state index contributed by atoms with van der Waals surface area (Å²) in [6, 6.07) is 20.3. The summed E-state index contributed by atoms with van der Waals surface area (Å²) in [6.07, 6.45) is 0. The van der Waals surface area contributed by atoms with Crippen molar-refractivity contribution >= 4 is 27.6 Å². The highest BCUT2D eigenvalue weighted by molar-refractivity contribution is 7.21. The number of rotatable bonds is 3. The number of nitrogens with one attached hydrogen (secondary N) is 2. The Hall–Kier alpha value is -4.09. The van der Waals surface area contributed by atoms with Crippen LogP contribution in [0.15, 0.2) is 76.5 Å². The van der Waals surface area contributed by atoms with E-state index in [-0.39, 0.29) is 11.4 Å². The van der Waals surface area contributed by atoms with Gasteiger partial charge in [0.15, 0.2) is 0 Å². The lowest BCUT2D eigenvalue weighted by Crippen LogP contribution is -2.46. The van der Waals surface area contributed by atoms with Gasteiger partial charge in [-0.05, 0) is 24.3 Å². The molecule has 30 heavy (non-hydrogen) atoms. The Morgan fingerprint density at radius 2 is 1.83 bits per heavy atom. The summed E-state index contributed by atoms with van der Waals surface area (Å²) in [7, 11) is 0. The maximum atomic E-state index is 11.7. The van der Waals surface area contributed by atoms with Crippen LogP contribution in [0.25, 0.3) is 32.1 Å². The Labute approximate surface area is 175 Å². The van der Waals surface area contributed by atoms with Crippen LogP contribution >= 0.6 is 11.3 Å². The van der Waals surface area contributed by atoms with Crippen LogP contribution in [0.1, 0.15) is 11.8 Å². The fourth-order valence-corrected chi connectivity index (χ4v) is 4.33. The number of para-hydroxylation sites is 1. The van der Waals surface area contributed by atoms with Gasteiger partial charge in [-0.3, -0.25) is 5.32 Å². The molecule has 2 amide bonds. The summed E-state index contributed by atoms with van der Waals surface area (Å²) >= 11 is 1.65. The molecule has 0 saturated heterocycles. The van der Waals surface area contributed by atoms with Crippen molar-refractivity contribution in [2.75, 3.05) is 0 Å². The number of amides is 2. The van der Waals surface area contributed by atoms with Crippen molar-refractivity contribution in [3.8, 4) is 28.0 Å². The smallest absolute Gasteiger partial charge is 0.321 e. The molecule has 4 aromatic rings. The molecule has 0 fully saturated rings. The third-order valence-electron chi connectivity index (χ3n) is 4.84. The molecular formula is C22H15N5O2S. The predicted molar refractivity (Wildman–Crippen MR) is 114 cm³/mol. The van der Waals surface area contributed by atoms with Gasteiger partial charge in [-0.25, -0.2) is 9.78 Å². The number of furan rings is 1. The van der Waals surface area contributed by atoms with E-state index < -0.39 is 12.1 Å². The molecule has 0 spiro atoms. The van der Waals surface area contributed by atoms with Gasteiger partial charge in [-0.2, -0.15) is 5.26 Å². The Morgan fingerprint density at radius 3 is 2.60 bits per heavy atom. The number of nitrogens with two attached hydrogens (primary N) is 1. The largest absolute Gasteiger partial charge is 0.458 e.